The average molecular weight is 200 g/mol. The number of hydrogen-bond donors (Lipinski definition) is 1. The summed E-state index contributed by atoms with van der Waals surface area (Å²) in [5.74, 6) is 0. The lowest BCUT2D eigenvalue weighted by atomic mass is 10.0. The predicted molar refractivity (Wildman–Crippen MR) is 59.6 cm³/mol. The normalized spacial score (nSPS) is 25.3. The van der Waals surface area contributed by atoms with Crippen LogP contribution in [0, 0.1) is 0 Å². The highest BCUT2D eigenvalue weighted by Crippen LogP contribution is 2.08. The van der Waals surface area contributed by atoms with Gasteiger partial charge >= 0.3 is 0 Å². The first kappa shape index (κ1) is 12.0. The molecule has 1 aliphatic heterocycles. The van der Waals surface area contributed by atoms with Crippen LogP contribution in [0.3, 0.4) is 0 Å². The van der Waals surface area contributed by atoms with Crippen LogP contribution in [0.15, 0.2) is 0 Å². The Kier molecular flexibility index (Phi) is 4.35. The minimum Gasteiger partial charge on any atom is -0.374 e. The van der Waals surface area contributed by atoms with E-state index in [-0.39, 0.29) is 5.54 Å². The summed E-state index contributed by atoms with van der Waals surface area (Å²) in [6.45, 7) is 10.6. The molecule has 1 atom stereocenters. The predicted octanol–water partition coefficient (Wildman–Crippen LogP) is 1.10. The SMILES string of the molecule is CCC(C)(C)NCC1CN(C)CCO1. The Bertz CT molecular complexity index is 171. The molecule has 0 saturated carbocycles. The van der Waals surface area contributed by atoms with Gasteiger partial charge in [-0.15, -0.1) is 0 Å². The van der Waals surface area contributed by atoms with E-state index in [2.05, 4.69) is 38.0 Å². The van der Waals surface area contributed by atoms with Crippen LogP contribution in [0.5, 0.6) is 0 Å². The smallest absolute Gasteiger partial charge is 0.0826 e. The summed E-state index contributed by atoms with van der Waals surface area (Å²) in [6, 6.07) is 0. The van der Waals surface area contributed by atoms with E-state index < -0.39 is 0 Å². The van der Waals surface area contributed by atoms with Crippen LogP contribution >= 0.6 is 0 Å². The molecule has 1 rings (SSSR count). The maximum absolute atomic E-state index is 5.68. The zero-order valence-corrected chi connectivity index (χ0v) is 9.97. The maximum atomic E-state index is 5.68. The second-order valence-corrected chi connectivity index (χ2v) is 4.87. The maximum Gasteiger partial charge on any atom is 0.0826 e. The number of rotatable bonds is 4. The van der Waals surface area contributed by atoms with Gasteiger partial charge in [-0.25, -0.2) is 0 Å². The quantitative estimate of drug-likeness (QED) is 0.735. The lowest BCUT2D eigenvalue weighted by Crippen LogP contribution is -2.49. The van der Waals surface area contributed by atoms with Crippen molar-refractivity contribution in [2.24, 2.45) is 0 Å². The van der Waals surface area contributed by atoms with E-state index in [1.54, 1.807) is 0 Å². The van der Waals surface area contributed by atoms with Crippen molar-refractivity contribution >= 4 is 0 Å². The average Bonchev–Trinajstić information content (AvgIpc) is 2.15. The lowest BCUT2D eigenvalue weighted by Gasteiger charge is -2.33. The van der Waals surface area contributed by atoms with Crippen molar-refractivity contribution in [1.82, 2.24) is 10.2 Å². The van der Waals surface area contributed by atoms with Gasteiger partial charge in [0.2, 0.25) is 0 Å². The largest absolute Gasteiger partial charge is 0.374 e. The number of morpholine rings is 1. The fourth-order valence-corrected chi connectivity index (χ4v) is 1.51. The molecule has 0 aromatic rings. The molecule has 14 heavy (non-hydrogen) atoms. The van der Waals surface area contributed by atoms with Gasteiger partial charge in [0.25, 0.3) is 0 Å². The van der Waals surface area contributed by atoms with E-state index in [1.807, 2.05) is 0 Å². The zero-order valence-electron chi connectivity index (χ0n) is 9.97. The molecule has 1 N–H and O–H groups in total. The van der Waals surface area contributed by atoms with Crippen LogP contribution in [0.1, 0.15) is 27.2 Å². The molecule has 0 aromatic carbocycles. The highest BCUT2D eigenvalue weighted by Gasteiger charge is 2.21. The topological polar surface area (TPSA) is 24.5 Å². The molecule has 0 spiro atoms. The first-order valence-electron chi connectivity index (χ1n) is 5.58. The third-order valence-corrected chi connectivity index (χ3v) is 3.03. The Morgan fingerprint density at radius 1 is 1.50 bits per heavy atom. The fraction of sp³-hybridized carbons (Fsp3) is 1.00. The van der Waals surface area contributed by atoms with Crippen LogP contribution in [0.2, 0.25) is 0 Å². The van der Waals surface area contributed by atoms with E-state index in [4.69, 9.17) is 4.74 Å². The molecule has 0 bridgehead atoms. The molecule has 1 saturated heterocycles. The third kappa shape index (κ3) is 3.95. The molecule has 3 nitrogen and oxygen atoms in total. The molecule has 0 amide bonds. The van der Waals surface area contributed by atoms with Gasteiger partial charge in [-0.1, -0.05) is 6.92 Å². The highest BCUT2D eigenvalue weighted by atomic mass is 16.5. The van der Waals surface area contributed by atoms with Crippen LogP contribution in [-0.2, 0) is 4.74 Å². The van der Waals surface area contributed by atoms with Gasteiger partial charge in [0, 0.05) is 25.2 Å². The van der Waals surface area contributed by atoms with Gasteiger partial charge in [0.1, 0.15) is 0 Å². The first-order chi connectivity index (χ1) is 6.53. The van der Waals surface area contributed by atoms with Crippen LogP contribution in [0.4, 0.5) is 0 Å². The van der Waals surface area contributed by atoms with Gasteiger partial charge in [-0.3, -0.25) is 0 Å². The first-order valence-corrected chi connectivity index (χ1v) is 5.58. The van der Waals surface area contributed by atoms with E-state index in [0.29, 0.717) is 6.10 Å². The van der Waals surface area contributed by atoms with Crippen molar-refractivity contribution in [3.8, 4) is 0 Å². The Hall–Kier alpha value is -0.120. The van der Waals surface area contributed by atoms with Crippen LogP contribution in [-0.4, -0.2) is 49.8 Å². The van der Waals surface area contributed by atoms with E-state index >= 15 is 0 Å². The van der Waals surface area contributed by atoms with Gasteiger partial charge in [0.15, 0.2) is 0 Å². The summed E-state index contributed by atoms with van der Waals surface area (Å²) in [5.41, 5.74) is 0.235. The monoisotopic (exact) mass is 200 g/mol. The standard InChI is InChI=1S/C11H24N2O/c1-5-11(2,3)12-8-10-9-13(4)6-7-14-10/h10,12H,5-9H2,1-4H3. The third-order valence-electron chi connectivity index (χ3n) is 3.03. The molecule has 1 heterocycles. The number of nitrogens with zero attached hydrogens (tertiary/aromatic N) is 1. The molecule has 1 aliphatic rings. The number of likely N-dealkylation sites (N-methyl/N-ethyl adjacent to an activating group) is 1. The van der Waals surface area contributed by atoms with Crippen LogP contribution in [0.25, 0.3) is 0 Å². The highest BCUT2D eigenvalue weighted by molar-refractivity contribution is 4.79. The number of nitrogens with one attached hydrogen (secondary N) is 1. The van der Waals surface area contributed by atoms with Gasteiger partial charge < -0.3 is 15.0 Å². The summed E-state index contributed by atoms with van der Waals surface area (Å²) in [5, 5.41) is 3.55. The Balaban J connectivity index is 2.23. The fourth-order valence-electron chi connectivity index (χ4n) is 1.51. The summed E-state index contributed by atoms with van der Waals surface area (Å²) in [4.78, 5) is 2.33. The van der Waals surface area contributed by atoms with Crippen LogP contribution < -0.4 is 5.32 Å². The second kappa shape index (κ2) is 5.10. The van der Waals surface area contributed by atoms with Gasteiger partial charge in [-0.05, 0) is 27.3 Å². The van der Waals surface area contributed by atoms with E-state index in [9.17, 15) is 0 Å². The number of ether oxygens (including phenoxy) is 1. The van der Waals surface area contributed by atoms with Gasteiger partial charge in [0.05, 0.1) is 12.7 Å². The Morgan fingerprint density at radius 2 is 2.21 bits per heavy atom. The molecule has 3 heteroatoms. The number of hydrogen-bond acceptors (Lipinski definition) is 3. The molecule has 0 aromatic heterocycles. The molecule has 1 fully saturated rings. The van der Waals surface area contributed by atoms with E-state index in [0.717, 1.165) is 32.7 Å². The van der Waals surface area contributed by atoms with Crippen molar-refractivity contribution in [2.75, 3.05) is 33.3 Å². The minimum absolute atomic E-state index is 0.235. The minimum atomic E-state index is 0.235. The summed E-state index contributed by atoms with van der Waals surface area (Å²) in [7, 11) is 2.15. The molecular weight excluding hydrogens is 176 g/mol. The molecule has 1 unspecified atom stereocenters. The Morgan fingerprint density at radius 3 is 2.79 bits per heavy atom. The zero-order chi connectivity index (χ0) is 10.6. The summed E-state index contributed by atoms with van der Waals surface area (Å²) in [6.07, 6.45) is 1.51. The van der Waals surface area contributed by atoms with Crippen molar-refractivity contribution in [3.63, 3.8) is 0 Å². The van der Waals surface area contributed by atoms with Crippen molar-refractivity contribution in [2.45, 2.75) is 38.8 Å². The molecule has 0 aliphatic carbocycles. The second-order valence-electron chi connectivity index (χ2n) is 4.87. The Labute approximate surface area is 87.8 Å². The van der Waals surface area contributed by atoms with Crippen molar-refractivity contribution in [3.05, 3.63) is 0 Å². The van der Waals surface area contributed by atoms with Gasteiger partial charge in [-0.2, -0.15) is 0 Å². The molecular formula is C11H24N2O. The van der Waals surface area contributed by atoms with E-state index in [1.165, 1.54) is 0 Å². The summed E-state index contributed by atoms with van der Waals surface area (Å²) >= 11 is 0. The van der Waals surface area contributed by atoms with Crippen molar-refractivity contribution < 1.29 is 4.74 Å². The molecule has 0 radical (unpaired) electrons. The lowest BCUT2D eigenvalue weighted by molar-refractivity contribution is -0.0210. The summed E-state index contributed by atoms with van der Waals surface area (Å²) < 4.78 is 5.68. The molecule has 84 valence electrons. The van der Waals surface area contributed by atoms with Crippen molar-refractivity contribution in [1.29, 1.82) is 0 Å².